The molecule has 134 valence electrons. The van der Waals surface area contributed by atoms with E-state index in [0.717, 1.165) is 0 Å². The fourth-order valence-electron chi connectivity index (χ4n) is 2.39. The van der Waals surface area contributed by atoms with Crippen LogP contribution in [0.3, 0.4) is 0 Å². The van der Waals surface area contributed by atoms with Crippen molar-refractivity contribution >= 4 is 40.7 Å². The van der Waals surface area contributed by atoms with Crippen LogP contribution in [0.4, 0.5) is 11.4 Å². The number of carbonyl (C=O) groups excluding carboxylic acids is 3. The van der Waals surface area contributed by atoms with Gasteiger partial charge < -0.3 is 20.7 Å². The van der Waals surface area contributed by atoms with E-state index in [4.69, 9.17) is 16.3 Å². The topological polar surface area (TPSA) is 96.5 Å². The summed E-state index contributed by atoms with van der Waals surface area (Å²) in [6.45, 7) is 1.43. The second kappa shape index (κ2) is 7.45. The number of hydrogen-bond acceptors (Lipinski definition) is 4. The predicted octanol–water partition coefficient (Wildman–Crippen LogP) is 2.43. The summed E-state index contributed by atoms with van der Waals surface area (Å²) in [6.07, 6.45) is -0.567. The van der Waals surface area contributed by atoms with Crippen LogP contribution in [0.2, 0.25) is 5.02 Å². The van der Waals surface area contributed by atoms with Gasteiger partial charge in [-0.2, -0.15) is 0 Å². The summed E-state index contributed by atoms with van der Waals surface area (Å²) in [5, 5.41) is 8.16. The minimum absolute atomic E-state index is 0.221. The Morgan fingerprint density at radius 1 is 1.23 bits per heavy atom. The SMILES string of the molecule is C[C@H]1Oc2ccc(NC(=O)CNC(=O)c3ccccc3Cl)cc2NC1=O. The van der Waals surface area contributed by atoms with Crippen molar-refractivity contribution in [2.45, 2.75) is 13.0 Å². The van der Waals surface area contributed by atoms with Crippen molar-refractivity contribution in [2.24, 2.45) is 0 Å². The van der Waals surface area contributed by atoms with Crippen molar-refractivity contribution in [2.75, 3.05) is 17.2 Å². The highest BCUT2D eigenvalue weighted by Crippen LogP contribution is 2.32. The van der Waals surface area contributed by atoms with Gasteiger partial charge in [-0.25, -0.2) is 0 Å². The van der Waals surface area contributed by atoms with Gasteiger partial charge in [-0.15, -0.1) is 0 Å². The van der Waals surface area contributed by atoms with Crippen LogP contribution in [-0.2, 0) is 9.59 Å². The Balaban J connectivity index is 1.59. The van der Waals surface area contributed by atoms with Gasteiger partial charge in [-0.05, 0) is 37.3 Å². The van der Waals surface area contributed by atoms with Crippen molar-refractivity contribution in [3.63, 3.8) is 0 Å². The van der Waals surface area contributed by atoms with E-state index in [9.17, 15) is 14.4 Å². The van der Waals surface area contributed by atoms with Crippen LogP contribution in [0, 0.1) is 0 Å². The highest BCUT2D eigenvalue weighted by molar-refractivity contribution is 6.33. The predicted molar refractivity (Wildman–Crippen MR) is 97.6 cm³/mol. The third kappa shape index (κ3) is 3.94. The Kier molecular flexibility index (Phi) is 5.09. The molecule has 2 aromatic rings. The van der Waals surface area contributed by atoms with Crippen LogP contribution in [0.25, 0.3) is 0 Å². The molecule has 0 radical (unpaired) electrons. The molecule has 0 fully saturated rings. The minimum atomic E-state index is -0.567. The number of halogens is 1. The molecule has 3 N–H and O–H groups in total. The molecule has 1 atom stereocenters. The number of amides is 3. The van der Waals surface area contributed by atoms with Crippen LogP contribution in [0.5, 0.6) is 5.75 Å². The first-order valence-corrected chi connectivity index (χ1v) is 8.26. The summed E-state index contributed by atoms with van der Waals surface area (Å²) in [6, 6.07) is 11.5. The molecule has 3 rings (SSSR count). The molecule has 0 spiro atoms. The Labute approximate surface area is 154 Å². The number of benzene rings is 2. The highest BCUT2D eigenvalue weighted by atomic mass is 35.5. The van der Waals surface area contributed by atoms with E-state index < -0.39 is 17.9 Å². The molecule has 0 saturated carbocycles. The van der Waals surface area contributed by atoms with Crippen molar-refractivity contribution in [3.05, 3.63) is 53.1 Å². The molecular formula is C18H16ClN3O4. The molecule has 8 heteroatoms. The lowest BCUT2D eigenvalue weighted by atomic mass is 10.2. The number of nitrogens with one attached hydrogen (secondary N) is 3. The lowest BCUT2D eigenvalue weighted by molar-refractivity contribution is -0.122. The summed E-state index contributed by atoms with van der Waals surface area (Å²) >= 11 is 5.95. The summed E-state index contributed by atoms with van der Waals surface area (Å²) < 4.78 is 5.45. The van der Waals surface area contributed by atoms with Crippen LogP contribution in [-0.4, -0.2) is 30.4 Å². The third-order valence-corrected chi connectivity index (χ3v) is 4.05. The van der Waals surface area contributed by atoms with Gasteiger partial charge in [0.1, 0.15) is 5.75 Å². The molecule has 7 nitrogen and oxygen atoms in total. The molecule has 1 heterocycles. The fourth-order valence-corrected chi connectivity index (χ4v) is 2.61. The van der Waals surface area contributed by atoms with E-state index in [2.05, 4.69) is 16.0 Å². The van der Waals surface area contributed by atoms with E-state index >= 15 is 0 Å². The van der Waals surface area contributed by atoms with Gasteiger partial charge in [0.25, 0.3) is 11.8 Å². The molecule has 0 bridgehead atoms. The normalized spacial score (nSPS) is 15.3. The van der Waals surface area contributed by atoms with E-state index in [1.165, 1.54) is 0 Å². The summed E-state index contributed by atoms with van der Waals surface area (Å²) in [5.74, 6) is -0.581. The quantitative estimate of drug-likeness (QED) is 0.766. The number of hydrogen-bond donors (Lipinski definition) is 3. The molecule has 0 aromatic heterocycles. The van der Waals surface area contributed by atoms with Crippen molar-refractivity contribution in [1.29, 1.82) is 0 Å². The zero-order chi connectivity index (χ0) is 18.7. The standard InChI is InChI=1S/C18H16ClN3O4/c1-10-17(24)22-14-8-11(6-7-15(14)26-10)21-16(23)9-20-18(25)12-4-2-3-5-13(12)19/h2-8,10H,9H2,1H3,(H,20,25)(H,21,23)(H,22,24)/t10-/m1/s1. The molecule has 0 unspecified atom stereocenters. The van der Waals surface area contributed by atoms with Gasteiger partial charge in [0.2, 0.25) is 5.91 Å². The van der Waals surface area contributed by atoms with Gasteiger partial charge in [0.05, 0.1) is 22.8 Å². The van der Waals surface area contributed by atoms with E-state index in [0.29, 0.717) is 27.7 Å². The second-order valence-corrected chi connectivity index (χ2v) is 6.08. The molecule has 1 aliphatic rings. The molecule has 3 amide bonds. The van der Waals surface area contributed by atoms with Crippen LogP contribution < -0.4 is 20.7 Å². The molecule has 0 aliphatic carbocycles. The average Bonchev–Trinajstić information content (AvgIpc) is 2.61. The number of anilines is 2. The van der Waals surface area contributed by atoms with Crippen molar-refractivity contribution in [1.82, 2.24) is 5.32 Å². The average molecular weight is 374 g/mol. The van der Waals surface area contributed by atoms with E-state index in [1.807, 2.05) is 0 Å². The van der Waals surface area contributed by atoms with Gasteiger partial charge in [-0.3, -0.25) is 14.4 Å². The maximum atomic E-state index is 12.0. The summed E-state index contributed by atoms with van der Waals surface area (Å²) in [7, 11) is 0. The molecule has 0 saturated heterocycles. The zero-order valence-electron chi connectivity index (χ0n) is 13.8. The Morgan fingerprint density at radius 3 is 2.77 bits per heavy atom. The van der Waals surface area contributed by atoms with Gasteiger partial charge in [-0.1, -0.05) is 23.7 Å². The largest absolute Gasteiger partial charge is 0.479 e. The Morgan fingerprint density at radius 2 is 2.00 bits per heavy atom. The van der Waals surface area contributed by atoms with Gasteiger partial charge in [0, 0.05) is 5.69 Å². The lowest BCUT2D eigenvalue weighted by Gasteiger charge is -2.23. The van der Waals surface area contributed by atoms with E-state index in [1.54, 1.807) is 49.4 Å². The monoisotopic (exact) mass is 373 g/mol. The second-order valence-electron chi connectivity index (χ2n) is 5.67. The maximum Gasteiger partial charge on any atom is 0.265 e. The first-order valence-electron chi connectivity index (χ1n) is 7.88. The third-order valence-electron chi connectivity index (χ3n) is 3.72. The number of fused-ring (bicyclic) bond motifs is 1. The van der Waals surface area contributed by atoms with Crippen LogP contribution in [0.1, 0.15) is 17.3 Å². The summed E-state index contributed by atoms with van der Waals surface area (Å²) in [4.78, 5) is 35.7. The van der Waals surface area contributed by atoms with Crippen LogP contribution >= 0.6 is 11.6 Å². The Hall–Kier alpha value is -3.06. The number of rotatable bonds is 4. The zero-order valence-corrected chi connectivity index (χ0v) is 14.6. The van der Waals surface area contributed by atoms with E-state index in [-0.39, 0.29) is 12.5 Å². The molecule has 26 heavy (non-hydrogen) atoms. The summed E-state index contributed by atoms with van der Waals surface area (Å²) in [5.41, 5.74) is 1.25. The molecule has 2 aromatic carbocycles. The first-order chi connectivity index (χ1) is 12.4. The minimum Gasteiger partial charge on any atom is -0.479 e. The number of ether oxygens (including phenoxy) is 1. The van der Waals surface area contributed by atoms with Crippen molar-refractivity contribution in [3.8, 4) is 5.75 Å². The first kappa shape index (κ1) is 17.8. The Bertz CT molecular complexity index is 884. The number of carbonyl (C=O) groups is 3. The highest BCUT2D eigenvalue weighted by Gasteiger charge is 2.23. The molecular weight excluding hydrogens is 358 g/mol. The van der Waals surface area contributed by atoms with Gasteiger partial charge in [0.15, 0.2) is 6.10 Å². The molecule has 1 aliphatic heterocycles. The van der Waals surface area contributed by atoms with Gasteiger partial charge >= 0.3 is 0 Å². The lowest BCUT2D eigenvalue weighted by Crippen LogP contribution is -2.34. The van der Waals surface area contributed by atoms with Crippen molar-refractivity contribution < 1.29 is 19.1 Å². The fraction of sp³-hybridized carbons (Fsp3) is 0.167. The van der Waals surface area contributed by atoms with Crippen LogP contribution in [0.15, 0.2) is 42.5 Å². The smallest absolute Gasteiger partial charge is 0.265 e. The maximum absolute atomic E-state index is 12.0.